The second-order valence-electron chi connectivity index (χ2n) is 7.61. The van der Waals surface area contributed by atoms with Crippen LogP contribution < -0.4 is 24.3 Å². The molecule has 0 atom stereocenters. The molecule has 0 radical (unpaired) electrons. The van der Waals surface area contributed by atoms with E-state index < -0.39 is 15.9 Å². The van der Waals surface area contributed by atoms with Gasteiger partial charge in [0, 0.05) is 24.9 Å². The van der Waals surface area contributed by atoms with Crippen molar-refractivity contribution in [1.82, 2.24) is 4.31 Å². The zero-order valence-corrected chi connectivity index (χ0v) is 20.6. The van der Waals surface area contributed by atoms with Crippen molar-refractivity contribution in [2.75, 3.05) is 46.8 Å². The Morgan fingerprint density at radius 1 is 0.882 bits per heavy atom. The van der Waals surface area contributed by atoms with Gasteiger partial charge in [0.25, 0.3) is 0 Å². The fourth-order valence-electron chi connectivity index (χ4n) is 3.75. The smallest absolute Gasteiger partial charge is 0.248 e. The van der Waals surface area contributed by atoms with Crippen molar-refractivity contribution in [3.8, 4) is 23.0 Å². The van der Waals surface area contributed by atoms with Gasteiger partial charge in [-0.05, 0) is 54.8 Å². The Morgan fingerprint density at radius 2 is 1.50 bits per heavy atom. The molecular formula is C24H30N2O7S. The predicted octanol–water partition coefficient (Wildman–Crippen LogP) is 3.55. The van der Waals surface area contributed by atoms with Crippen molar-refractivity contribution in [3.63, 3.8) is 0 Å². The van der Waals surface area contributed by atoms with Gasteiger partial charge in [-0.25, -0.2) is 8.42 Å². The second-order valence-corrected chi connectivity index (χ2v) is 9.52. The van der Waals surface area contributed by atoms with E-state index in [2.05, 4.69) is 5.32 Å². The van der Waals surface area contributed by atoms with Gasteiger partial charge in [-0.2, -0.15) is 4.31 Å². The lowest BCUT2D eigenvalue weighted by molar-refractivity contribution is -0.111. The largest absolute Gasteiger partial charge is 0.495 e. The Bertz CT molecular complexity index is 1130. The van der Waals surface area contributed by atoms with Crippen molar-refractivity contribution in [2.24, 2.45) is 0 Å². The van der Waals surface area contributed by atoms with Gasteiger partial charge in [0.2, 0.25) is 21.7 Å². The summed E-state index contributed by atoms with van der Waals surface area (Å²) in [6, 6.07) is 7.98. The van der Waals surface area contributed by atoms with Gasteiger partial charge in [0.1, 0.15) is 10.6 Å². The highest BCUT2D eigenvalue weighted by Crippen LogP contribution is 2.38. The molecule has 184 valence electrons. The number of carbonyl (C=O) groups is 1. The third kappa shape index (κ3) is 5.63. The highest BCUT2D eigenvalue weighted by molar-refractivity contribution is 7.89. The van der Waals surface area contributed by atoms with Crippen LogP contribution in [0.1, 0.15) is 24.8 Å². The SMILES string of the molecule is COc1ccc(NC(=O)/C=C/c2cc(OC)c(OC)c(OC)c2)cc1S(=O)(=O)N1CCCCC1. The van der Waals surface area contributed by atoms with Gasteiger partial charge < -0.3 is 24.3 Å². The quantitative estimate of drug-likeness (QED) is 0.536. The van der Waals surface area contributed by atoms with Gasteiger partial charge in [-0.15, -0.1) is 0 Å². The fourth-order valence-corrected chi connectivity index (χ4v) is 5.45. The number of hydrogen-bond donors (Lipinski definition) is 1. The summed E-state index contributed by atoms with van der Waals surface area (Å²) in [6.07, 6.45) is 5.59. The minimum Gasteiger partial charge on any atom is -0.495 e. The first-order valence-corrected chi connectivity index (χ1v) is 12.2. The van der Waals surface area contributed by atoms with E-state index in [9.17, 15) is 13.2 Å². The molecule has 1 saturated heterocycles. The molecule has 10 heteroatoms. The van der Waals surface area contributed by atoms with Gasteiger partial charge in [0.05, 0.1) is 28.4 Å². The van der Waals surface area contributed by atoms with Gasteiger partial charge in [0.15, 0.2) is 11.5 Å². The van der Waals surface area contributed by atoms with Crippen LogP contribution in [0.25, 0.3) is 6.08 Å². The normalized spacial score (nSPS) is 14.6. The molecule has 0 bridgehead atoms. The average Bonchev–Trinajstić information content (AvgIpc) is 2.87. The summed E-state index contributed by atoms with van der Waals surface area (Å²) in [5, 5.41) is 2.71. The molecule has 1 N–H and O–H groups in total. The third-order valence-corrected chi connectivity index (χ3v) is 7.40. The lowest BCUT2D eigenvalue weighted by atomic mass is 10.1. The first-order valence-electron chi connectivity index (χ1n) is 10.8. The lowest BCUT2D eigenvalue weighted by Crippen LogP contribution is -2.35. The molecule has 0 aliphatic carbocycles. The monoisotopic (exact) mass is 490 g/mol. The summed E-state index contributed by atoms with van der Waals surface area (Å²) in [6.45, 7) is 0.944. The summed E-state index contributed by atoms with van der Waals surface area (Å²) in [7, 11) is 2.21. The molecule has 2 aromatic carbocycles. The van der Waals surface area contributed by atoms with E-state index in [0.717, 1.165) is 19.3 Å². The number of piperidine rings is 1. The number of sulfonamides is 1. The Kier molecular flexibility index (Phi) is 8.41. The molecule has 3 rings (SSSR count). The van der Waals surface area contributed by atoms with E-state index in [1.807, 2.05) is 0 Å². The molecule has 0 aromatic heterocycles. The van der Waals surface area contributed by atoms with E-state index in [1.165, 1.54) is 51.0 Å². The summed E-state index contributed by atoms with van der Waals surface area (Å²) in [5.41, 5.74) is 1.00. The molecular weight excluding hydrogens is 460 g/mol. The fraction of sp³-hybridized carbons (Fsp3) is 0.375. The van der Waals surface area contributed by atoms with E-state index >= 15 is 0 Å². The maximum Gasteiger partial charge on any atom is 0.248 e. The van der Waals surface area contributed by atoms with Crippen LogP contribution in [0.5, 0.6) is 23.0 Å². The Hall–Kier alpha value is -3.24. The predicted molar refractivity (Wildman–Crippen MR) is 129 cm³/mol. The molecule has 9 nitrogen and oxygen atoms in total. The number of rotatable bonds is 9. The maximum absolute atomic E-state index is 13.2. The molecule has 1 heterocycles. The van der Waals surface area contributed by atoms with E-state index in [1.54, 1.807) is 24.3 Å². The number of benzene rings is 2. The summed E-state index contributed by atoms with van der Waals surface area (Å²) in [4.78, 5) is 12.6. The molecule has 1 fully saturated rings. The number of anilines is 1. The Morgan fingerprint density at radius 3 is 2.06 bits per heavy atom. The highest BCUT2D eigenvalue weighted by atomic mass is 32.2. The standard InChI is InChI=1S/C24H30N2O7S/c1-30-19-10-9-18(16-22(19)34(28,29)26-12-6-5-7-13-26)25-23(27)11-8-17-14-20(31-2)24(33-4)21(15-17)32-3/h8-11,14-16H,5-7,12-13H2,1-4H3,(H,25,27)/b11-8+. The molecule has 0 spiro atoms. The number of hydrogen-bond acceptors (Lipinski definition) is 7. The van der Waals surface area contributed by atoms with E-state index in [0.29, 0.717) is 41.6 Å². The van der Waals surface area contributed by atoms with Gasteiger partial charge >= 0.3 is 0 Å². The van der Waals surface area contributed by atoms with Crippen LogP contribution in [0.15, 0.2) is 41.3 Å². The van der Waals surface area contributed by atoms with E-state index in [-0.39, 0.29) is 10.6 Å². The zero-order valence-electron chi connectivity index (χ0n) is 19.8. The molecule has 2 aromatic rings. The van der Waals surface area contributed by atoms with Crippen LogP contribution in [-0.2, 0) is 14.8 Å². The van der Waals surface area contributed by atoms with Crippen LogP contribution in [0.2, 0.25) is 0 Å². The molecule has 0 unspecified atom stereocenters. The van der Waals surface area contributed by atoms with Crippen LogP contribution in [-0.4, -0.2) is 60.2 Å². The maximum atomic E-state index is 13.2. The topological polar surface area (TPSA) is 103 Å². The minimum absolute atomic E-state index is 0.0308. The number of methoxy groups -OCH3 is 4. The van der Waals surface area contributed by atoms with Crippen molar-refractivity contribution >= 4 is 27.7 Å². The summed E-state index contributed by atoms with van der Waals surface area (Å²) >= 11 is 0. The number of ether oxygens (including phenoxy) is 4. The van der Waals surface area contributed by atoms with Crippen molar-refractivity contribution in [3.05, 3.63) is 42.0 Å². The van der Waals surface area contributed by atoms with Gasteiger partial charge in [-0.3, -0.25) is 4.79 Å². The molecule has 1 amide bonds. The number of amides is 1. The number of nitrogens with one attached hydrogen (secondary N) is 1. The zero-order chi connectivity index (χ0) is 24.7. The number of nitrogens with zero attached hydrogens (tertiary/aromatic N) is 1. The van der Waals surface area contributed by atoms with Crippen LogP contribution in [0.3, 0.4) is 0 Å². The lowest BCUT2D eigenvalue weighted by Gasteiger charge is -2.26. The first-order chi connectivity index (χ1) is 16.3. The Balaban J connectivity index is 1.81. The highest BCUT2D eigenvalue weighted by Gasteiger charge is 2.29. The first kappa shape index (κ1) is 25.4. The van der Waals surface area contributed by atoms with Crippen molar-refractivity contribution in [1.29, 1.82) is 0 Å². The second kappa shape index (κ2) is 11.3. The number of carbonyl (C=O) groups excluding carboxylic acids is 1. The molecule has 34 heavy (non-hydrogen) atoms. The van der Waals surface area contributed by atoms with Crippen molar-refractivity contribution in [2.45, 2.75) is 24.2 Å². The summed E-state index contributed by atoms with van der Waals surface area (Å²) in [5.74, 6) is 1.18. The average molecular weight is 491 g/mol. The van der Waals surface area contributed by atoms with E-state index in [4.69, 9.17) is 18.9 Å². The summed E-state index contributed by atoms with van der Waals surface area (Å²) < 4.78 is 49.1. The molecule has 1 aliphatic rings. The van der Waals surface area contributed by atoms with Crippen molar-refractivity contribution < 1.29 is 32.2 Å². The third-order valence-electron chi connectivity index (χ3n) is 5.48. The molecule has 1 aliphatic heterocycles. The molecule has 0 saturated carbocycles. The van der Waals surface area contributed by atoms with Gasteiger partial charge in [-0.1, -0.05) is 6.42 Å². The van der Waals surface area contributed by atoms with Crippen LogP contribution in [0, 0.1) is 0 Å². The Labute approximate surface area is 200 Å². The van der Waals surface area contributed by atoms with Crippen LogP contribution >= 0.6 is 0 Å². The van der Waals surface area contributed by atoms with Crippen LogP contribution in [0.4, 0.5) is 5.69 Å². The minimum atomic E-state index is -3.74.